The third-order valence-electron chi connectivity index (χ3n) is 3.47. The van der Waals surface area contributed by atoms with E-state index in [2.05, 4.69) is 0 Å². The van der Waals surface area contributed by atoms with Gasteiger partial charge >= 0.3 is 0 Å². The van der Waals surface area contributed by atoms with E-state index in [9.17, 15) is 23.4 Å². The van der Waals surface area contributed by atoms with E-state index >= 15 is 0 Å². The van der Waals surface area contributed by atoms with Gasteiger partial charge in [0.25, 0.3) is 0 Å². The fraction of sp³-hybridized carbons (Fsp3) is 0.500. The molecule has 2 N–H and O–H groups in total. The Morgan fingerprint density at radius 1 is 1.19 bits per heavy atom. The van der Waals surface area contributed by atoms with Crippen LogP contribution in [0.4, 0.5) is 0 Å². The Labute approximate surface area is 123 Å². The predicted octanol–water partition coefficient (Wildman–Crippen LogP) is -0.413. The maximum absolute atomic E-state index is 12.1. The van der Waals surface area contributed by atoms with Crippen molar-refractivity contribution in [1.29, 1.82) is 0 Å². The van der Waals surface area contributed by atoms with Crippen LogP contribution in [0.2, 0.25) is 0 Å². The number of β-amino-alcohol motifs (C(OH)–C–C–N with tert-alkyl or cyclic N) is 2. The summed E-state index contributed by atoms with van der Waals surface area (Å²) in [6.07, 6.45) is 0.121. The summed E-state index contributed by atoms with van der Waals surface area (Å²) >= 11 is 0. The standard InChI is InChI=1S/C14H19NO5S/c1-21(19,20)13-4-2-10(3-5-13)6-14(18)15-8-11(16)7-12(17)9-15/h2-5,11-12,16-17H,6-9H2,1H3/t11-,12-/m1/s1. The third kappa shape index (κ3) is 4.26. The molecule has 1 aliphatic heterocycles. The van der Waals surface area contributed by atoms with E-state index in [0.29, 0.717) is 5.56 Å². The number of aliphatic hydroxyl groups is 2. The first-order valence-electron chi connectivity index (χ1n) is 6.68. The van der Waals surface area contributed by atoms with Crippen molar-refractivity contribution in [2.24, 2.45) is 0 Å². The van der Waals surface area contributed by atoms with Gasteiger partial charge in [0.05, 0.1) is 23.5 Å². The molecule has 1 amide bonds. The second kappa shape index (κ2) is 6.13. The molecule has 0 saturated carbocycles. The maximum Gasteiger partial charge on any atom is 0.227 e. The molecule has 0 radical (unpaired) electrons. The second-order valence-corrected chi connectivity index (χ2v) is 7.45. The van der Waals surface area contributed by atoms with E-state index in [0.717, 1.165) is 6.26 Å². The zero-order valence-electron chi connectivity index (χ0n) is 11.8. The second-order valence-electron chi connectivity index (χ2n) is 5.43. The highest BCUT2D eigenvalue weighted by Gasteiger charge is 2.27. The average molecular weight is 313 g/mol. The molecule has 21 heavy (non-hydrogen) atoms. The van der Waals surface area contributed by atoms with E-state index in [4.69, 9.17) is 0 Å². The first-order valence-corrected chi connectivity index (χ1v) is 8.58. The van der Waals surface area contributed by atoms with Gasteiger partial charge in [0.2, 0.25) is 5.91 Å². The quantitative estimate of drug-likeness (QED) is 0.791. The zero-order chi connectivity index (χ0) is 15.6. The molecular weight excluding hydrogens is 294 g/mol. The summed E-state index contributed by atoms with van der Waals surface area (Å²) in [5, 5.41) is 19.1. The topological polar surface area (TPSA) is 94.9 Å². The van der Waals surface area contributed by atoms with Crippen molar-refractivity contribution in [3.8, 4) is 0 Å². The van der Waals surface area contributed by atoms with E-state index < -0.39 is 22.0 Å². The number of rotatable bonds is 3. The van der Waals surface area contributed by atoms with Gasteiger partial charge in [0.15, 0.2) is 9.84 Å². The van der Waals surface area contributed by atoms with Gasteiger partial charge in [0.1, 0.15) is 0 Å². The molecule has 2 atom stereocenters. The Hall–Kier alpha value is -1.44. The summed E-state index contributed by atoms with van der Waals surface area (Å²) in [4.78, 5) is 13.8. The molecule has 116 valence electrons. The van der Waals surface area contributed by atoms with Crippen LogP contribution in [0.1, 0.15) is 12.0 Å². The molecule has 1 fully saturated rings. The lowest BCUT2D eigenvalue weighted by Crippen LogP contribution is -2.48. The van der Waals surface area contributed by atoms with E-state index in [1.54, 1.807) is 12.1 Å². The van der Waals surface area contributed by atoms with Crippen molar-refractivity contribution < 1.29 is 23.4 Å². The molecule has 1 saturated heterocycles. The lowest BCUT2D eigenvalue weighted by atomic mass is 10.0. The number of piperidine rings is 1. The van der Waals surface area contributed by atoms with Crippen LogP contribution in [-0.2, 0) is 21.1 Å². The fourth-order valence-corrected chi connectivity index (χ4v) is 3.02. The fourth-order valence-electron chi connectivity index (χ4n) is 2.39. The molecule has 0 bridgehead atoms. The van der Waals surface area contributed by atoms with Crippen LogP contribution in [0.3, 0.4) is 0 Å². The molecule has 2 rings (SSSR count). The van der Waals surface area contributed by atoms with E-state index in [1.165, 1.54) is 17.0 Å². The number of benzene rings is 1. The highest BCUT2D eigenvalue weighted by atomic mass is 32.2. The molecular formula is C14H19NO5S. The minimum absolute atomic E-state index is 0.115. The zero-order valence-corrected chi connectivity index (χ0v) is 12.6. The van der Waals surface area contributed by atoms with Gasteiger partial charge < -0.3 is 15.1 Å². The molecule has 1 aromatic carbocycles. The summed E-state index contributed by atoms with van der Waals surface area (Å²) in [6.45, 7) is 0.439. The monoisotopic (exact) mass is 313 g/mol. The molecule has 0 aliphatic carbocycles. The molecule has 1 aliphatic rings. The third-order valence-corrected chi connectivity index (χ3v) is 4.59. The lowest BCUT2D eigenvalue weighted by Gasteiger charge is -2.33. The molecule has 1 heterocycles. The molecule has 1 aromatic rings. The maximum atomic E-state index is 12.1. The first-order chi connectivity index (χ1) is 9.75. The van der Waals surface area contributed by atoms with Crippen molar-refractivity contribution >= 4 is 15.7 Å². The normalized spacial score (nSPS) is 23.1. The van der Waals surface area contributed by atoms with Crippen molar-refractivity contribution in [3.05, 3.63) is 29.8 Å². The Morgan fingerprint density at radius 2 is 1.71 bits per heavy atom. The highest BCUT2D eigenvalue weighted by molar-refractivity contribution is 7.90. The summed E-state index contributed by atoms with van der Waals surface area (Å²) in [5.74, 6) is -0.195. The highest BCUT2D eigenvalue weighted by Crippen LogP contribution is 2.14. The predicted molar refractivity (Wildman–Crippen MR) is 76.5 cm³/mol. The van der Waals surface area contributed by atoms with Crippen LogP contribution in [0, 0.1) is 0 Å². The van der Waals surface area contributed by atoms with Crippen LogP contribution in [-0.4, -0.2) is 61.0 Å². The smallest absolute Gasteiger partial charge is 0.227 e. The number of hydrogen-bond acceptors (Lipinski definition) is 5. The van der Waals surface area contributed by atoms with Crippen molar-refractivity contribution in [1.82, 2.24) is 4.90 Å². The average Bonchev–Trinajstić information content (AvgIpc) is 2.37. The number of nitrogens with zero attached hydrogens (tertiary/aromatic N) is 1. The molecule has 0 spiro atoms. The Balaban J connectivity index is 2.03. The summed E-state index contributed by atoms with van der Waals surface area (Å²) in [6, 6.07) is 6.14. The minimum Gasteiger partial charge on any atom is -0.391 e. The largest absolute Gasteiger partial charge is 0.391 e. The van der Waals surface area contributed by atoms with E-state index in [-0.39, 0.29) is 36.7 Å². The molecule has 6 nitrogen and oxygen atoms in total. The van der Waals surface area contributed by atoms with Crippen LogP contribution >= 0.6 is 0 Å². The van der Waals surface area contributed by atoms with Gasteiger partial charge in [-0.05, 0) is 17.7 Å². The van der Waals surface area contributed by atoms with Gasteiger partial charge in [-0.25, -0.2) is 8.42 Å². The van der Waals surface area contributed by atoms with Gasteiger partial charge in [0, 0.05) is 25.8 Å². The Kier molecular flexibility index (Phi) is 4.65. The van der Waals surface area contributed by atoms with Crippen LogP contribution in [0.25, 0.3) is 0 Å². The summed E-state index contributed by atoms with van der Waals surface area (Å²) in [5.41, 5.74) is 0.696. The van der Waals surface area contributed by atoms with Crippen molar-refractivity contribution in [2.75, 3.05) is 19.3 Å². The molecule has 7 heteroatoms. The van der Waals surface area contributed by atoms with Gasteiger partial charge in [-0.1, -0.05) is 12.1 Å². The number of carbonyl (C=O) groups is 1. The number of aliphatic hydroxyl groups excluding tert-OH is 2. The van der Waals surface area contributed by atoms with Crippen molar-refractivity contribution in [2.45, 2.75) is 29.9 Å². The van der Waals surface area contributed by atoms with Crippen LogP contribution < -0.4 is 0 Å². The Bertz CT molecular complexity index is 601. The lowest BCUT2D eigenvalue weighted by molar-refractivity contribution is -0.136. The number of hydrogen-bond donors (Lipinski definition) is 2. The molecule has 0 unspecified atom stereocenters. The van der Waals surface area contributed by atoms with Gasteiger partial charge in [-0.15, -0.1) is 0 Å². The van der Waals surface area contributed by atoms with Crippen LogP contribution in [0.15, 0.2) is 29.2 Å². The van der Waals surface area contributed by atoms with E-state index in [1.807, 2.05) is 0 Å². The van der Waals surface area contributed by atoms with Crippen LogP contribution in [0.5, 0.6) is 0 Å². The summed E-state index contributed by atoms with van der Waals surface area (Å²) < 4.78 is 22.7. The minimum atomic E-state index is -3.24. The summed E-state index contributed by atoms with van der Waals surface area (Å²) in [7, 11) is -3.24. The van der Waals surface area contributed by atoms with Gasteiger partial charge in [-0.3, -0.25) is 4.79 Å². The molecule has 0 aromatic heterocycles. The number of likely N-dealkylation sites (tertiary alicyclic amines) is 1. The number of amides is 1. The number of sulfone groups is 1. The first kappa shape index (κ1) is 15.9. The van der Waals surface area contributed by atoms with Gasteiger partial charge in [-0.2, -0.15) is 0 Å². The SMILES string of the molecule is CS(=O)(=O)c1ccc(CC(=O)N2C[C@H](O)C[C@@H](O)C2)cc1. The Morgan fingerprint density at radius 3 is 2.19 bits per heavy atom. The number of carbonyl (C=O) groups excluding carboxylic acids is 1. The van der Waals surface area contributed by atoms with Crippen molar-refractivity contribution in [3.63, 3.8) is 0 Å².